The molecule has 40 heavy (non-hydrogen) atoms. The molecule has 1 aliphatic rings. The lowest BCUT2D eigenvalue weighted by atomic mass is 10.1. The second kappa shape index (κ2) is 13.7. The zero-order valence-corrected chi connectivity index (χ0v) is 23.9. The summed E-state index contributed by atoms with van der Waals surface area (Å²) < 4.78 is 0. The number of amides is 2. The summed E-state index contributed by atoms with van der Waals surface area (Å²) in [5, 5.41) is 5.88. The van der Waals surface area contributed by atoms with E-state index in [1.165, 1.54) is 22.6 Å². The van der Waals surface area contributed by atoms with Crippen LogP contribution < -0.4 is 21.3 Å². The van der Waals surface area contributed by atoms with E-state index in [1.54, 1.807) is 19.3 Å². The largest absolute Gasteiger partial charge is 0.369 e. The lowest BCUT2D eigenvalue weighted by Crippen LogP contribution is -2.44. The molecular weight excluding hydrogens is 522 g/mol. The Bertz CT molecular complexity index is 1450. The molecule has 0 aliphatic carbocycles. The molecule has 2 amide bonds. The van der Waals surface area contributed by atoms with Crippen LogP contribution in [0.25, 0.3) is 10.6 Å². The van der Waals surface area contributed by atoms with Gasteiger partial charge in [0, 0.05) is 56.4 Å². The first kappa shape index (κ1) is 28.7. The van der Waals surface area contributed by atoms with E-state index in [0.29, 0.717) is 10.8 Å². The molecule has 1 fully saturated rings. The number of nitrogens with two attached hydrogens (primary N) is 1. The van der Waals surface area contributed by atoms with E-state index >= 15 is 0 Å². The van der Waals surface area contributed by atoms with Gasteiger partial charge in [-0.15, -0.1) is 11.3 Å². The van der Waals surface area contributed by atoms with Gasteiger partial charge in [0.15, 0.2) is 0 Å². The minimum Gasteiger partial charge on any atom is -0.369 e. The highest BCUT2D eigenvalue weighted by atomic mass is 32.1. The fraction of sp³-hybridized carbons (Fsp3) is 0.267. The molecule has 3 heterocycles. The predicted molar refractivity (Wildman–Crippen MR) is 163 cm³/mol. The minimum atomic E-state index is -0.427. The monoisotopic (exact) mass is 557 g/mol. The van der Waals surface area contributed by atoms with Crippen LogP contribution in [0.2, 0.25) is 0 Å². The molecule has 1 aliphatic heterocycles. The number of primary amides is 1. The van der Waals surface area contributed by atoms with Crippen molar-refractivity contribution in [3.63, 3.8) is 0 Å². The van der Waals surface area contributed by atoms with Gasteiger partial charge in [-0.1, -0.05) is 25.1 Å². The SMILES string of the molecule is CCc1cccc(C(=O)NC)c1.CN1CCN(c2cccc(Nc3nccc(-c4ccc(C(N)=O)s4)n3)c2)CC1. The molecule has 1 saturated heterocycles. The number of aryl methyl sites for hydroxylation is 1. The molecule has 0 radical (unpaired) electrons. The van der Waals surface area contributed by atoms with E-state index < -0.39 is 5.91 Å². The summed E-state index contributed by atoms with van der Waals surface area (Å²) in [5.41, 5.74) is 10.2. The minimum absolute atomic E-state index is 0.0229. The molecule has 4 N–H and O–H groups in total. The molecule has 2 aromatic heterocycles. The van der Waals surface area contributed by atoms with Crippen molar-refractivity contribution in [2.24, 2.45) is 5.73 Å². The first-order valence-corrected chi connectivity index (χ1v) is 14.0. The third kappa shape index (κ3) is 7.64. The maximum absolute atomic E-state index is 11.3. The van der Waals surface area contributed by atoms with Crippen LogP contribution in [0.15, 0.2) is 72.9 Å². The number of anilines is 3. The van der Waals surface area contributed by atoms with Crippen molar-refractivity contribution in [1.29, 1.82) is 0 Å². The summed E-state index contributed by atoms with van der Waals surface area (Å²) in [7, 11) is 3.79. The summed E-state index contributed by atoms with van der Waals surface area (Å²) >= 11 is 1.33. The maximum atomic E-state index is 11.3. The highest BCUT2D eigenvalue weighted by Crippen LogP contribution is 2.28. The fourth-order valence-corrected chi connectivity index (χ4v) is 5.04. The Hall–Kier alpha value is -4.28. The van der Waals surface area contributed by atoms with E-state index in [1.807, 2.05) is 48.5 Å². The molecule has 4 aromatic rings. The molecule has 208 valence electrons. The van der Waals surface area contributed by atoms with Crippen LogP contribution >= 0.6 is 11.3 Å². The van der Waals surface area contributed by atoms with Gasteiger partial charge in [0.25, 0.3) is 11.8 Å². The van der Waals surface area contributed by atoms with Crippen molar-refractivity contribution in [3.05, 3.63) is 88.9 Å². The molecule has 0 spiro atoms. The number of hydrogen-bond acceptors (Lipinski definition) is 8. The summed E-state index contributed by atoms with van der Waals surface area (Å²) in [6.07, 6.45) is 2.67. The normalized spacial score (nSPS) is 13.2. The van der Waals surface area contributed by atoms with Gasteiger partial charge < -0.3 is 26.2 Å². The Morgan fingerprint density at radius 2 is 1.77 bits per heavy atom. The number of carbonyl (C=O) groups excluding carboxylic acids is 2. The van der Waals surface area contributed by atoms with Crippen molar-refractivity contribution >= 4 is 40.5 Å². The van der Waals surface area contributed by atoms with Gasteiger partial charge in [-0.2, -0.15) is 0 Å². The summed E-state index contributed by atoms with van der Waals surface area (Å²) in [4.78, 5) is 37.5. The molecule has 9 nitrogen and oxygen atoms in total. The standard InChI is InChI=1S/C20H22N6OS.C10H13NO/c1-25-9-11-26(12-10-25)15-4-2-3-14(13-15)23-20-22-8-7-16(24-20)17-5-6-18(28-17)19(21)27;1-3-8-5-4-6-9(7-8)10(12)11-2/h2-8,13H,9-12H2,1H3,(H2,21,27)(H,22,23,24);4-7H,3H2,1-2H3,(H,11,12). The number of likely N-dealkylation sites (N-methyl/N-ethyl adjacent to an activating group) is 1. The number of piperazine rings is 1. The van der Waals surface area contributed by atoms with Crippen molar-refractivity contribution < 1.29 is 9.59 Å². The Labute approximate surface area is 239 Å². The molecule has 0 saturated carbocycles. The van der Waals surface area contributed by atoms with Crippen LogP contribution in [0.1, 0.15) is 32.5 Å². The maximum Gasteiger partial charge on any atom is 0.258 e. The first-order valence-electron chi connectivity index (χ1n) is 13.2. The van der Waals surface area contributed by atoms with E-state index in [9.17, 15) is 9.59 Å². The molecule has 0 atom stereocenters. The number of benzene rings is 2. The van der Waals surface area contributed by atoms with Crippen LogP contribution in [0.3, 0.4) is 0 Å². The van der Waals surface area contributed by atoms with Crippen molar-refractivity contribution in [2.75, 3.05) is 50.5 Å². The van der Waals surface area contributed by atoms with Gasteiger partial charge in [0.1, 0.15) is 0 Å². The lowest BCUT2D eigenvalue weighted by molar-refractivity contribution is 0.0961. The zero-order chi connectivity index (χ0) is 28.5. The highest BCUT2D eigenvalue weighted by molar-refractivity contribution is 7.17. The smallest absolute Gasteiger partial charge is 0.258 e. The van der Waals surface area contributed by atoms with Crippen LogP contribution in [0.4, 0.5) is 17.3 Å². The molecule has 0 unspecified atom stereocenters. The van der Waals surface area contributed by atoms with E-state index in [-0.39, 0.29) is 5.91 Å². The van der Waals surface area contributed by atoms with Crippen LogP contribution in [-0.2, 0) is 6.42 Å². The van der Waals surface area contributed by atoms with E-state index in [4.69, 9.17) is 5.73 Å². The number of rotatable bonds is 7. The number of aromatic nitrogens is 2. The number of carbonyl (C=O) groups is 2. The van der Waals surface area contributed by atoms with Crippen LogP contribution in [0, 0.1) is 0 Å². The lowest BCUT2D eigenvalue weighted by Gasteiger charge is -2.34. The van der Waals surface area contributed by atoms with Gasteiger partial charge >= 0.3 is 0 Å². The van der Waals surface area contributed by atoms with Gasteiger partial charge in [-0.3, -0.25) is 9.59 Å². The molecular formula is C30H35N7O2S. The third-order valence-corrected chi connectivity index (χ3v) is 7.67. The number of nitrogens with one attached hydrogen (secondary N) is 2. The number of hydrogen-bond donors (Lipinski definition) is 3. The average Bonchev–Trinajstić information content (AvgIpc) is 3.49. The van der Waals surface area contributed by atoms with Gasteiger partial charge in [-0.25, -0.2) is 9.97 Å². The molecule has 2 aromatic carbocycles. The summed E-state index contributed by atoms with van der Waals surface area (Å²) in [6, 6.07) is 21.4. The Morgan fingerprint density at radius 1 is 1.00 bits per heavy atom. The van der Waals surface area contributed by atoms with E-state index in [0.717, 1.165) is 54.4 Å². The predicted octanol–water partition coefficient (Wildman–Crippen LogP) is 4.41. The fourth-order valence-electron chi connectivity index (χ4n) is 4.22. The summed E-state index contributed by atoms with van der Waals surface area (Å²) in [6.45, 7) is 6.25. The zero-order valence-electron chi connectivity index (χ0n) is 23.1. The van der Waals surface area contributed by atoms with E-state index in [2.05, 4.69) is 56.5 Å². The van der Waals surface area contributed by atoms with Crippen LogP contribution in [0.5, 0.6) is 0 Å². The molecule has 5 rings (SSSR count). The number of nitrogens with zero attached hydrogens (tertiary/aromatic N) is 4. The van der Waals surface area contributed by atoms with Gasteiger partial charge in [0.05, 0.1) is 15.4 Å². The highest BCUT2D eigenvalue weighted by Gasteiger charge is 2.15. The molecule has 10 heteroatoms. The molecule has 0 bridgehead atoms. The van der Waals surface area contributed by atoms with Gasteiger partial charge in [0.2, 0.25) is 5.95 Å². The topological polar surface area (TPSA) is 116 Å². The Kier molecular flexibility index (Phi) is 9.82. The summed E-state index contributed by atoms with van der Waals surface area (Å²) in [5.74, 6) is 0.0664. The first-order chi connectivity index (χ1) is 19.4. The third-order valence-electron chi connectivity index (χ3n) is 6.55. The van der Waals surface area contributed by atoms with Crippen molar-refractivity contribution in [2.45, 2.75) is 13.3 Å². The number of thiophene rings is 1. The van der Waals surface area contributed by atoms with Crippen molar-refractivity contribution in [1.82, 2.24) is 20.2 Å². The van der Waals surface area contributed by atoms with Crippen LogP contribution in [-0.4, -0.2) is 67.0 Å². The second-order valence-corrected chi connectivity index (χ2v) is 10.5. The Balaban J connectivity index is 0.000000259. The van der Waals surface area contributed by atoms with Crippen molar-refractivity contribution in [3.8, 4) is 10.6 Å². The Morgan fingerprint density at radius 3 is 2.48 bits per heavy atom. The average molecular weight is 558 g/mol. The van der Waals surface area contributed by atoms with Gasteiger partial charge in [-0.05, 0) is 67.6 Å². The quantitative estimate of drug-likeness (QED) is 0.308. The second-order valence-electron chi connectivity index (χ2n) is 9.39.